The van der Waals surface area contributed by atoms with Gasteiger partial charge in [0, 0.05) is 43.9 Å². The number of nitrogen functional groups attached to an aromatic ring is 1. The van der Waals surface area contributed by atoms with Crippen LogP contribution in [0.3, 0.4) is 0 Å². The molecule has 6 rings (SSSR count). The molecule has 10 heteroatoms. The Hall–Kier alpha value is -4.54. The number of benzene rings is 3. The molecule has 0 bridgehead atoms. The topological polar surface area (TPSA) is 151 Å². The monoisotopic (exact) mass is 536 g/mol. The largest absolute Gasteiger partial charge is 0.395 e. The first-order valence-electron chi connectivity index (χ1n) is 13.5. The summed E-state index contributed by atoms with van der Waals surface area (Å²) in [5, 5.41) is 16.9. The highest BCUT2D eigenvalue weighted by Gasteiger charge is 2.24. The van der Waals surface area contributed by atoms with E-state index in [2.05, 4.69) is 14.9 Å². The lowest BCUT2D eigenvalue weighted by Gasteiger charge is -2.34. The molecular weight excluding hydrogens is 504 g/mol. The van der Waals surface area contributed by atoms with E-state index in [0.29, 0.717) is 37.2 Å². The number of para-hydroxylation sites is 2. The molecule has 2 aromatic heterocycles. The predicted molar refractivity (Wildman–Crippen MR) is 155 cm³/mol. The minimum Gasteiger partial charge on any atom is -0.395 e. The van der Waals surface area contributed by atoms with E-state index in [1.165, 1.54) is 0 Å². The fourth-order valence-corrected chi connectivity index (χ4v) is 5.34. The fraction of sp³-hybridized carbons (Fsp3) is 0.267. The quantitative estimate of drug-likeness (QED) is 0.152. The number of aliphatic hydroxyl groups excluding tert-OH is 1. The van der Waals surface area contributed by atoms with E-state index in [1.807, 2.05) is 71.6 Å². The third kappa shape index (κ3) is 5.18. The van der Waals surface area contributed by atoms with Crippen molar-refractivity contribution in [3.8, 4) is 0 Å². The Morgan fingerprint density at radius 1 is 0.900 bits per heavy atom. The molecule has 10 nitrogen and oxygen atoms in total. The second-order valence-electron chi connectivity index (χ2n) is 10.2. The van der Waals surface area contributed by atoms with Crippen molar-refractivity contribution >= 4 is 33.8 Å². The van der Waals surface area contributed by atoms with Crippen LogP contribution in [0.25, 0.3) is 22.1 Å². The molecule has 3 heterocycles. The lowest BCUT2D eigenvalue weighted by atomic mass is 9.97. The van der Waals surface area contributed by atoms with Crippen molar-refractivity contribution in [2.45, 2.75) is 12.3 Å². The molecular formula is C30H32N8O2. The zero-order valence-corrected chi connectivity index (χ0v) is 22.1. The molecule has 1 aliphatic heterocycles. The molecule has 1 amide bonds. The fourth-order valence-electron chi connectivity index (χ4n) is 5.34. The number of aromatic nitrogens is 4. The summed E-state index contributed by atoms with van der Waals surface area (Å²) in [5.74, 6) is 1.40. The maximum atomic E-state index is 13.1. The molecule has 0 spiro atoms. The van der Waals surface area contributed by atoms with E-state index in [-0.39, 0.29) is 24.3 Å². The van der Waals surface area contributed by atoms with Crippen LogP contribution in [-0.2, 0) is 6.42 Å². The van der Waals surface area contributed by atoms with Gasteiger partial charge in [0.2, 0.25) is 0 Å². The summed E-state index contributed by atoms with van der Waals surface area (Å²) in [6, 6.07) is 21.2. The molecule has 0 aliphatic carbocycles. The molecule has 0 radical (unpaired) electrons. The normalized spacial score (nSPS) is 15.1. The molecule has 1 fully saturated rings. The van der Waals surface area contributed by atoms with Crippen LogP contribution in [0.2, 0.25) is 0 Å². The van der Waals surface area contributed by atoms with Gasteiger partial charge in [0.15, 0.2) is 0 Å². The van der Waals surface area contributed by atoms with Crippen LogP contribution in [0.1, 0.15) is 39.1 Å². The molecule has 204 valence electrons. The number of nitrogens with one attached hydrogen (secondary N) is 3. The average molecular weight is 537 g/mol. The van der Waals surface area contributed by atoms with E-state index < -0.39 is 0 Å². The Balaban J connectivity index is 1.27. The van der Waals surface area contributed by atoms with Gasteiger partial charge in [0.05, 0.1) is 34.6 Å². The molecule has 1 saturated heterocycles. The Labute approximate surface area is 231 Å². The van der Waals surface area contributed by atoms with Crippen LogP contribution in [0, 0.1) is 5.41 Å². The molecule has 3 aromatic carbocycles. The number of carbonyl (C=O) groups excluding carboxylic acids is 1. The zero-order chi connectivity index (χ0) is 27.6. The number of rotatable bonds is 8. The number of amides is 1. The number of hydrogen-bond acceptors (Lipinski definition) is 6. The van der Waals surface area contributed by atoms with Crippen molar-refractivity contribution in [1.82, 2.24) is 29.7 Å². The number of hydrogen-bond donors (Lipinski definition) is 5. The van der Waals surface area contributed by atoms with Crippen molar-refractivity contribution in [3.05, 3.63) is 95.1 Å². The van der Waals surface area contributed by atoms with E-state index >= 15 is 0 Å². The van der Waals surface area contributed by atoms with E-state index in [1.54, 1.807) is 0 Å². The zero-order valence-electron chi connectivity index (χ0n) is 22.1. The van der Waals surface area contributed by atoms with Gasteiger partial charge in [-0.1, -0.05) is 24.3 Å². The highest BCUT2D eigenvalue weighted by atomic mass is 16.3. The summed E-state index contributed by atoms with van der Waals surface area (Å²) in [5.41, 5.74) is 11.5. The Morgan fingerprint density at radius 2 is 1.55 bits per heavy atom. The van der Waals surface area contributed by atoms with Gasteiger partial charge in [-0.3, -0.25) is 15.1 Å². The van der Waals surface area contributed by atoms with Crippen LogP contribution in [-0.4, -0.2) is 85.9 Å². The van der Waals surface area contributed by atoms with Crippen molar-refractivity contribution < 1.29 is 9.90 Å². The molecule has 1 aliphatic rings. The van der Waals surface area contributed by atoms with E-state index in [4.69, 9.17) is 26.2 Å². The number of amidine groups is 1. The summed E-state index contributed by atoms with van der Waals surface area (Å²) in [6.07, 6.45) is 0.619. The second-order valence-corrected chi connectivity index (χ2v) is 10.2. The first-order chi connectivity index (χ1) is 19.5. The number of H-pyrrole nitrogens is 2. The molecule has 5 aromatic rings. The van der Waals surface area contributed by atoms with Gasteiger partial charge in [-0.25, -0.2) is 9.97 Å². The number of nitrogens with two attached hydrogens (primary N) is 1. The molecule has 1 atom stereocenters. The Bertz CT molecular complexity index is 1630. The standard InChI is InChI=1S/C30H32N8O2/c31-27(32)21-9-10-25-26(18-21)36-29(35-25)22(28-33-23-3-1-2-4-24(23)34-28)17-19-5-7-20(8-6-19)30(40)38-13-11-37(12-14-38)15-16-39/h1-10,18,22,39H,11-17H2,(H3,31,32)(H,33,34)(H,35,36). The minimum atomic E-state index is -0.193. The predicted octanol–water partition coefficient (Wildman–Crippen LogP) is 2.85. The lowest BCUT2D eigenvalue weighted by Crippen LogP contribution is -2.49. The van der Waals surface area contributed by atoms with Gasteiger partial charge >= 0.3 is 0 Å². The minimum absolute atomic E-state index is 0.00181. The number of aliphatic hydroxyl groups is 1. The summed E-state index contributed by atoms with van der Waals surface area (Å²) in [7, 11) is 0. The maximum absolute atomic E-state index is 13.1. The highest BCUT2D eigenvalue weighted by molar-refractivity contribution is 5.98. The first kappa shape index (κ1) is 25.7. The van der Waals surface area contributed by atoms with Crippen LogP contribution in [0.5, 0.6) is 0 Å². The second kappa shape index (κ2) is 10.9. The number of imidazole rings is 2. The molecule has 6 N–H and O–H groups in total. The number of β-amino-alcohol motifs (C(OH)–C–C–N with tert-alkyl or cyclic N) is 1. The van der Waals surface area contributed by atoms with Gasteiger partial charge in [-0.05, 0) is 54.4 Å². The third-order valence-electron chi connectivity index (χ3n) is 7.60. The molecule has 40 heavy (non-hydrogen) atoms. The Kier molecular flexibility index (Phi) is 7.02. The SMILES string of the molecule is N=C(N)c1ccc2[nH]c(C(Cc3ccc(C(=O)N4CCN(CCO)CC4)cc3)c3nc4ccccc4[nH]3)nc2c1. The summed E-state index contributed by atoms with van der Waals surface area (Å²) >= 11 is 0. The summed E-state index contributed by atoms with van der Waals surface area (Å²) in [6.45, 7) is 3.65. The van der Waals surface area contributed by atoms with Gasteiger partial charge in [0.25, 0.3) is 5.91 Å². The van der Waals surface area contributed by atoms with Gasteiger partial charge in [0.1, 0.15) is 17.5 Å². The van der Waals surface area contributed by atoms with Gasteiger partial charge < -0.3 is 25.7 Å². The third-order valence-corrected chi connectivity index (χ3v) is 7.60. The van der Waals surface area contributed by atoms with E-state index in [0.717, 1.165) is 52.4 Å². The van der Waals surface area contributed by atoms with Crippen LogP contribution in [0.4, 0.5) is 0 Å². The summed E-state index contributed by atoms with van der Waals surface area (Å²) < 4.78 is 0. The number of carbonyl (C=O) groups is 1. The summed E-state index contributed by atoms with van der Waals surface area (Å²) in [4.78, 5) is 33.8. The van der Waals surface area contributed by atoms with Crippen molar-refractivity contribution in [3.63, 3.8) is 0 Å². The van der Waals surface area contributed by atoms with Crippen molar-refractivity contribution in [2.75, 3.05) is 39.3 Å². The van der Waals surface area contributed by atoms with Crippen LogP contribution >= 0.6 is 0 Å². The highest BCUT2D eigenvalue weighted by Crippen LogP contribution is 2.29. The van der Waals surface area contributed by atoms with Crippen LogP contribution in [0.15, 0.2) is 66.7 Å². The van der Waals surface area contributed by atoms with Crippen molar-refractivity contribution in [1.29, 1.82) is 5.41 Å². The van der Waals surface area contributed by atoms with Crippen molar-refractivity contribution in [2.24, 2.45) is 5.73 Å². The maximum Gasteiger partial charge on any atom is 0.253 e. The molecule has 1 unspecified atom stereocenters. The lowest BCUT2D eigenvalue weighted by molar-refractivity contribution is 0.0615. The number of nitrogens with zero attached hydrogens (tertiary/aromatic N) is 4. The first-order valence-corrected chi connectivity index (χ1v) is 13.5. The molecule has 0 saturated carbocycles. The van der Waals surface area contributed by atoms with Gasteiger partial charge in [-0.15, -0.1) is 0 Å². The smallest absolute Gasteiger partial charge is 0.253 e. The van der Waals surface area contributed by atoms with Crippen LogP contribution < -0.4 is 5.73 Å². The number of fused-ring (bicyclic) bond motifs is 2. The number of piperazine rings is 1. The Morgan fingerprint density at radius 3 is 2.23 bits per heavy atom. The average Bonchev–Trinajstić information content (AvgIpc) is 3.60. The van der Waals surface area contributed by atoms with E-state index in [9.17, 15) is 4.79 Å². The number of aromatic amines is 2. The van der Waals surface area contributed by atoms with Gasteiger partial charge in [-0.2, -0.15) is 0 Å².